The van der Waals surface area contributed by atoms with Gasteiger partial charge in [0.25, 0.3) is 0 Å². The quantitative estimate of drug-likeness (QED) is 0.611. The smallest absolute Gasteiger partial charge is 0.218 e. The number of likely N-dealkylation sites (N-methyl/N-ethyl adjacent to an activating group) is 1. The molecule has 5 heteroatoms. The molecular formula is C8H16N2O3. The molecule has 0 saturated carbocycles. The normalized spacial score (nSPS) is 18.3. The molecule has 76 valence electrons. The lowest BCUT2D eigenvalue weighted by molar-refractivity contribution is -0.118. The topological polar surface area (TPSA) is 64.8 Å². The van der Waals surface area contributed by atoms with Crippen LogP contribution < -0.4 is 5.73 Å². The predicted octanol–water partition coefficient (Wildman–Crippen LogP) is -0.833. The maximum absolute atomic E-state index is 10.5. The van der Waals surface area contributed by atoms with E-state index in [1.807, 2.05) is 11.9 Å². The van der Waals surface area contributed by atoms with Crippen molar-refractivity contribution in [3.8, 4) is 0 Å². The van der Waals surface area contributed by atoms with E-state index in [0.29, 0.717) is 32.7 Å². The molecule has 2 N–H and O–H groups in total. The monoisotopic (exact) mass is 188 g/mol. The summed E-state index contributed by atoms with van der Waals surface area (Å²) in [6, 6.07) is 0. The number of carbonyl (C=O) groups is 1. The van der Waals surface area contributed by atoms with Crippen LogP contribution in [0, 0.1) is 0 Å². The highest BCUT2D eigenvalue weighted by molar-refractivity contribution is 5.73. The second-order valence-electron chi connectivity index (χ2n) is 3.15. The SMILES string of the molecule is CN(CCC(N)=O)CC1OCCO1. The number of nitrogens with zero attached hydrogens (tertiary/aromatic N) is 1. The molecule has 1 amide bonds. The van der Waals surface area contributed by atoms with Crippen molar-refractivity contribution in [1.82, 2.24) is 4.90 Å². The molecule has 0 aliphatic carbocycles. The van der Waals surface area contributed by atoms with Gasteiger partial charge in [0.1, 0.15) is 0 Å². The van der Waals surface area contributed by atoms with Crippen molar-refractivity contribution in [1.29, 1.82) is 0 Å². The standard InChI is InChI=1S/C8H16N2O3/c1-10(3-2-7(9)11)6-8-12-4-5-13-8/h8H,2-6H2,1H3,(H2,9,11). The first-order chi connectivity index (χ1) is 6.18. The number of rotatable bonds is 5. The third-order valence-corrected chi connectivity index (χ3v) is 1.89. The van der Waals surface area contributed by atoms with Gasteiger partial charge in [0.15, 0.2) is 6.29 Å². The third kappa shape index (κ3) is 4.21. The molecule has 0 radical (unpaired) electrons. The molecule has 1 aliphatic rings. The van der Waals surface area contributed by atoms with Crippen molar-refractivity contribution in [2.24, 2.45) is 5.73 Å². The number of hydrogen-bond acceptors (Lipinski definition) is 4. The van der Waals surface area contributed by atoms with Gasteiger partial charge in [-0.3, -0.25) is 4.79 Å². The molecule has 0 unspecified atom stereocenters. The fourth-order valence-electron chi connectivity index (χ4n) is 1.16. The first kappa shape index (κ1) is 10.4. The molecule has 0 aromatic carbocycles. The Bertz CT molecular complexity index is 169. The summed E-state index contributed by atoms with van der Waals surface area (Å²) in [5.74, 6) is -0.278. The van der Waals surface area contributed by atoms with Gasteiger partial charge in [-0.15, -0.1) is 0 Å². The summed E-state index contributed by atoms with van der Waals surface area (Å²) in [7, 11) is 1.91. The second kappa shape index (κ2) is 5.16. The summed E-state index contributed by atoms with van der Waals surface area (Å²) >= 11 is 0. The minimum Gasteiger partial charge on any atom is -0.370 e. The Morgan fingerprint density at radius 1 is 1.54 bits per heavy atom. The lowest BCUT2D eigenvalue weighted by Crippen LogP contribution is -2.32. The molecule has 0 bridgehead atoms. The van der Waals surface area contributed by atoms with Crippen molar-refractivity contribution in [3.05, 3.63) is 0 Å². The van der Waals surface area contributed by atoms with Gasteiger partial charge >= 0.3 is 0 Å². The molecule has 0 aromatic rings. The first-order valence-electron chi connectivity index (χ1n) is 4.38. The van der Waals surface area contributed by atoms with E-state index in [4.69, 9.17) is 15.2 Å². The van der Waals surface area contributed by atoms with Crippen LogP contribution in [0.4, 0.5) is 0 Å². The molecule has 0 aromatic heterocycles. The number of hydrogen-bond donors (Lipinski definition) is 1. The van der Waals surface area contributed by atoms with E-state index in [0.717, 1.165) is 0 Å². The largest absolute Gasteiger partial charge is 0.370 e. The van der Waals surface area contributed by atoms with Gasteiger partial charge in [-0.25, -0.2) is 0 Å². The molecule has 13 heavy (non-hydrogen) atoms. The number of nitrogens with two attached hydrogens (primary N) is 1. The Morgan fingerprint density at radius 2 is 2.15 bits per heavy atom. The van der Waals surface area contributed by atoms with E-state index in [2.05, 4.69) is 0 Å². The van der Waals surface area contributed by atoms with Gasteiger partial charge in [-0.2, -0.15) is 0 Å². The minimum atomic E-state index is -0.278. The highest BCUT2D eigenvalue weighted by Crippen LogP contribution is 2.04. The van der Waals surface area contributed by atoms with Crippen LogP contribution in [0.3, 0.4) is 0 Å². The van der Waals surface area contributed by atoms with Gasteiger partial charge in [0.05, 0.1) is 13.2 Å². The van der Waals surface area contributed by atoms with Crippen molar-refractivity contribution in [3.63, 3.8) is 0 Å². The van der Waals surface area contributed by atoms with E-state index >= 15 is 0 Å². The summed E-state index contributed by atoms with van der Waals surface area (Å²) in [6.45, 7) is 2.66. The van der Waals surface area contributed by atoms with Crippen molar-refractivity contribution in [2.45, 2.75) is 12.7 Å². The zero-order chi connectivity index (χ0) is 9.68. The highest BCUT2D eigenvalue weighted by Gasteiger charge is 2.17. The Hall–Kier alpha value is -0.650. The Labute approximate surface area is 77.8 Å². The predicted molar refractivity (Wildman–Crippen MR) is 47.0 cm³/mol. The third-order valence-electron chi connectivity index (χ3n) is 1.89. The van der Waals surface area contributed by atoms with Crippen LogP contribution in [0.15, 0.2) is 0 Å². The molecule has 1 rings (SSSR count). The summed E-state index contributed by atoms with van der Waals surface area (Å²) in [4.78, 5) is 12.4. The van der Waals surface area contributed by atoms with Crippen LogP contribution in [-0.2, 0) is 14.3 Å². The number of carbonyl (C=O) groups excluding carboxylic acids is 1. The zero-order valence-corrected chi connectivity index (χ0v) is 7.86. The Kier molecular flexibility index (Phi) is 4.14. The second-order valence-corrected chi connectivity index (χ2v) is 3.15. The van der Waals surface area contributed by atoms with E-state index < -0.39 is 0 Å². The molecule has 1 saturated heterocycles. The lowest BCUT2D eigenvalue weighted by Gasteiger charge is -2.18. The maximum atomic E-state index is 10.5. The molecule has 1 heterocycles. The van der Waals surface area contributed by atoms with Gasteiger partial charge in [0.2, 0.25) is 5.91 Å². The van der Waals surface area contributed by atoms with Crippen molar-refractivity contribution < 1.29 is 14.3 Å². The van der Waals surface area contributed by atoms with Crippen LogP contribution in [0.5, 0.6) is 0 Å². The molecular weight excluding hydrogens is 172 g/mol. The van der Waals surface area contributed by atoms with Crippen LogP contribution in [0.1, 0.15) is 6.42 Å². The van der Waals surface area contributed by atoms with E-state index in [-0.39, 0.29) is 12.2 Å². The average Bonchev–Trinajstić information content (AvgIpc) is 2.53. The average molecular weight is 188 g/mol. The van der Waals surface area contributed by atoms with Crippen LogP contribution in [0.25, 0.3) is 0 Å². The van der Waals surface area contributed by atoms with Gasteiger partial charge in [0, 0.05) is 19.5 Å². The summed E-state index contributed by atoms with van der Waals surface area (Å²) in [5, 5.41) is 0. The van der Waals surface area contributed by atoms with Crippen LogP contribution in [0.2, 0.25) is 0 Å². The number of primary amides is 1. The van der Waals surface area contributed by atoms with Gasteiger partial charge in [-0.1, -0.05) is 0 Å². The van der Waals surface area contributed by atoms with Crippen molar-refractivity contribution >= 4 is 5.91 Å². The minimum absolute atomic E-state index is 0.141. The summed E-state index contributed by atoms with van der Waals surface area (Å²) in [5.41, 5.74) is 5.02. The lowest BCUT2D eigenvalue weighted by atomic mass is 10.4. The molecule has 1 fully saturated rings. The Morgan fingerprint density at radius 3 is 2.69 bits per heavy atom. The number of ether oxygens (including phenoxy) is 2. The summed E-state index contributed by atoms with van der Waals surface area (Å²) in [6.07, 6.45) is 0.237. The van der Waals surface area contributed by atoms with Crippen molar-refractivity contribution in [2.75, 3.05) is 33.4 Å². The zero-order valence-electron chi connectivity index (χ0n) is 7.86. The first-order valence-corrected chi connectivity index (χ1v) is 4.38. The molecule has 5 nitrogen and oxygen atoms in total. The maximum Gasteiger partial charge on any atom is 0.218 e. The fraction of sp³-hybridized carbons (Fsp3) is 0.875. The van der Waals surface area contributed by atoms with Crippen LogP contribution >= 0.6 is 0 Å². The van der Waals surface area contributed by atoms with E-state index in [1.54, 1.807) is 0 Å². The molecule has 0 atom stereocenters. The summed E-state index contributed by atoms with van der Waals surface area (Å²) < 4.78 is 10.5. The molecule has 0 spiro atoms. The number of amides is 1. The van der Waals surface area contributed by atoms with Gasteiger partial charge < -0.3 is 20.1 Å². The van der Waals surface area contributed by atoms with Gasteiger partial charge in [-0.05, 0) is 7.05 Å². The molecule has 1 aliphatic heterocycles. The Balaban J connectivity index is 2.09. The van der Waals surface area contributed by atoms with E-state index in [9.17, 15) is 4.79 Å². The van der Waals surface area contributed by atoms with E-state index in [1.165, 1.54) is 0 Å². The highest BCUT2D eigenvalue weighted by atomic mass is 16.7. The fourth-order valence-corrected chi connectivity index (χ4v) is 1.16. The van der Waals surface area contributed by atoms with Crippen LogP contribution in [-0.4, -0.2) is 50.4 Å².